The first-order valence-corrected chi connectivity index (χ1v) is 6.71. The predicted octanol–water partition coefficient (Wildman–Crippen LogP) is 3.26. The lowest BCUT2D eigenvalue weighted by molar-refractivity contribution is 0.808. The second kappa shape index (κ2) is 5.50. The van der Waals surface area contributed by atoms with E-state index in [0.717, 1.165) is 21.3 Å². The van der Waals surface area contributed by atoms with Crippen LogP contribution in [0.1, 0.15) is 29.8 Å². The lowest BCUT2D eigenvalue weighted by atomic mass is 10.1. The first-order valence-electron chi connectivity index (χ1n) is 5.89. The Labute approximate surface area is 112 Å². The van der Waals surface area contributed by atoms with Gasteiger partial charge in [-0.25, -0.2) is 9.97 Å². The van der Waals surface area contributed by atoms with E-state index in [2.05, 4.69) is 29.0 Å². The van der Waals surface area contributed by atoms with E-state index in [1.54, 1.807) is 18.0 Å². The zero-order chi connectivity index (χ0) is 13.1. The number of aromatic nitrogens is 2. The third kappa shape index (κ3) is 3.31. The summed E-state index contributed by atoms with van der Waals surface area (Å²) in [6.07, 6.45) is 1.80. The third-order valence-electron chi connectivity index (χ3n) is 2.57. The minimum absolute atomic E-state index is 0.0274. The highest BCUT2D eigenvalue weighted by Crippen LogP contribution is 2.26. The molecule has 94 valence electrons. The Morgan fingerprint density at radius 1 is 1.17 bits per heavy atom. The molecule has 0 saturated heterocycles. The van der Waals surface area contributed by atoms with E-state index in [1.165, 1.54) is 5.56 Å². The van der Waals surface area contributed by atoms with Gasteiger partial charge in [0.25, 0.3) is 0 Å². The van der Waals surface area contributed by atoms with Crippen LogP contribution in [0, 0.1) is 13.8 Å². The first kappa shape index (κ1) is 13.1. The standard InChI is InChI=1S/C14H17N3S/c1-9-6-10(2)17-14(7-9)18-13-8-12(11(3)15)4-5-16-13/h4-8,11H,15H2,1-3H3/t11-/m1/s1. The van der Waals surface area contributed by atoms with Gasteiger partial charge in [-0.05, 0) is 56.2 Å². The Balaban J connectivity index is 2.25. The van der Waals surface area contributed by atoms with Gasteiger partial charge in [0.05, 0.1) is 0 Å². The zero-order valence-electron chi connectivity index (χ0n) is 10.8. The number of pyridine rings is 2. The number of hydrogen-bond donors (Lipinski definition) is 1. The molecule has 0 fully saturated rings. The fraction of sp³-hybridized carbons (Fsp3) is 0.286. The fourth-order valence-electron chi connectivity index (χ4n) is 1.73. The van der Waals surface area contributed by atoms with Crippen LogP contribution < -0.4 is 5.73 Å². The van der Waals surface area contributed by atoms with Crippen molar-refractivity contribution in [3.05, 3.63) is 47.3 Å². The summed E-state index contributed by atoms with van der Waals surface area (Å²) in [4.78, 5) is 8.84. The average molecular weight is 259 g/mol. The largest absolute Gasteiger partial charge is 0.324 e. The van der Waals surface area contributed by atoms with Gasteiger partial charge in [0.15, 0.2) is 0 Å². The van der Waals surface area contributed by atoms with Crippen molar-refractivity contribution in [3.8, 4) is 0 Å². The topological polar surface area (TPSA) is 51.8 Å². The molecule has 0 aliphatic rings. The number of nitrogens with zero attached hydrogens (tertiary/aromatic N) is 2. The van der Waals surface area contributed by atoms with Crippen molar-refractivity contribution in [2.45, 2.75) is 36.9 Å². The highest BCUT2D eigenvalue weighted by molar-refractivity contribution is 7.99. The second-order valence-electron chi connectivity index (χ2n) is 4.44. The van der Waals surface area contributed by atoms with E-state index in [-0.39, 0.29) is 6.04 Å². The fourth-order valence-corrected chi connectivity index (χ4v) is 2.68. The summed E-state index contributed by atoms with van der Waals surface area (Å²) in [5.41, 5.74) is 9.21. The molecule has 0 radical (unpaired) electrons. The van der Waals surface area contributed by atoms with Crippen LogP contribution in [0.5, 0.6) is 0 Å². The molecule has 2 aromatic rings. The van der Waals surface area contributed by atoms with Gasteiger partial charge in [-0.15, -0.1) is 0 Å². The van der Waals surface area contributed by atoms with Crippen LogP contribution in [0.4, 0.5) is 0 Å². The van der Waals surface area contributed by atoms with Crippen LogP contribution in [0.25, 0.3) is 0 Å². The van der Waals surface area contributed by atoms with Crippen molar-refractivity contribution in [2.24, 2.45) is 5.73 Å². The Kier molecular flexibility index (Phi) is 3.99. The molecule has 2 heterocycles. The second-order valence-corrected chi connectivity index (χ2v) is 5.48. The first-order chi connectivity index (χ1) is 8.54. The van der Waals surface area contributed by atoms with Crippen LogP contribution in [0.3, 0.4) is 0 Å². The number of rotatable bonds is 3. The van der Waals surface area contributed by atoms with Crippen LogP contribution in [0.15, 0.2) is 40.5 Å². The Bertz CT molecular complexity index is 532. The van der Waals surface area contributed by atoms with Crippen molar-refractivity contribution < 1.29 is 0 Å². The zero-order valence-corrected chi connectivity index (χ0v) is 11.7. The number of nitrogens with two attached hydrogens (primary N) is 1. The van der Waals surface area contributed by atoms with Gasteiger partial charge in [0.1, 0.15) is 10.1 Å². The summed E-state index contributed by atoms with van der Waals surface area (Å²) >= 11 is 1.57. The van der Waals surface area contributed by atoms with Gasteiger partial charge in [-0.3, -0.25) is 0 Å². The molecule has 2 rings (SSSR count). The van der Waals surface area contributed by atoms with Crippen molar-refractivity contribution >= 4 is 11.8 Å². The lowest BCUT2D eigenvalue weighted by Gasteiger charge is -2.07. The summed E-state index contributed by atoms with van der Waals surface area (Å²) in [6.45, 7) is 6.05. The quantitative estimate of drug-likeness (QED) is 0.919. The van der Waals surface area contributed by atoms with E-state index in [0.29, 0.717) is 0 Å². The molecule has 2 N–H and O–H groups in total. The Morgan fingerprint density at radius 2 is 1.94 bits per heavy atom. The molecule has 2 aromatic heterocycles. The summed E-state index contributed by atoms with van der Waals surface area (Å²) in [6, 6.07) is 8.13. The molecular weight excluding hydrogens is 242 g/mol. The normalized spacial score (nSPS) is 12.4. The molecule has 0 amide bonds. The lowest BCUT2D eigenvalue weighted by Crippen LogP contribution is -2.05. The molecule has 3 nitrogen and oxygen atoms in total. The molecule has 0 bridgehead atoms. The molecule has 0 aromatic carbocycles. The minimum atomic E-state index is 0.0274. The molecule has 1 atom stereocenters. The Hall–Kier alpha value is -1.39. The maximum atomic E-state index is 5.87. The molecule has 0 aliphatic carbocycles. The van der Waals surface area contributed by atoms with Crippen LogP contribution in [-0.2, 0) is 0 Å². The smallest absolute Gasteiger partial charge is 0.103 e. The number of hydrogen-bond acceptors (Lipinski definition) is 4. The van der Waals surface area contributed by atoms with Crippen molar-refractivity contribution in [3.63, 3.8) is 0 Å². The van der Waals surface area contributed by atoms with Crippen LogP contribution >= 0.6 is 11.8 Å². The molecule has 0 spiro atoms. The summed E-state index contributed by atoms with van der Waals surface area (Å²) in [5, 5.41) is 1.91. The molecule has 4 heteroatoms. The van der Waals surface area contributed by atoms with E-state index >= 15 is 0 Å². The molecule has 18 heavy (non-hydrogen) atoms. The average Bonchev–Trinajstić information content (AvgIpc) is 2.27. The van der Waals surface area contributed by atoms with E-state index in [4.69, 9.17) is 5.73 Å². The molecule has 0 unspecified atom stereocenters. The SMILES string of the molecule is Cc1cc(C)nc(Sc2cc([C@@H](C)N)ccn2)c1. The highest BCUT2D eigenvalue weighted by Gasteiger charge is 2.05. The van der Waals surface area contributed by atoms with Gasteiger partial charge in [-0.1, -0.05) is 11.8 Å². The molecule has 0 aliphatic heterocycles. The van der Waals surface area contributed by atoms with Crippen molar-refractivity contribution in [1.29, 1.82) is 0 Å². The van der Waals surface area contributed by atoms with Gasteiger partial charge in [0, 0.05) is 17.9 Å². The van der Waals surface area contributed by atoms with E-state index in [1.807, 2.05) is 26.0 Å². The predicted molar refractivity (Wildman–Crippen MR) is 74.7 cm³/mol. The monoisotopic (exact) mass is 259 g/mol. The maximum Gasteiger partial charge on any atom is 0.103 e. The number of aryl methyl sites for hydroxylation is 2. The van der Waals surface area contributed by atoms with Gasteiger partial charge in [-0.2, -0.15) is 0 Å². The van der Waals surface area contributed by atoms with Gasteiger partial charge >= 0.3 is 0 Å². The van der Waals surface area contributed by atoms with Crippen LogP contribution in [-0.4, -0.2) is 9.97 Å². The van der Waals surface area contributed by atoms with Crippen molar-refractivity contribution in [1.82, 2.24) is 9.97 Å². The Morgan fingerprint density at radius 3 is 2.61 bits per heavy atom. The van der Waals surface area contributed by atoms with Gasteiger partial charge in [0.2, 0.25) is 0 Å². The summed E-state index contributed by atoms with van der Waals surface area (Å²) in [7, 11) is 0. The third-order valence-corrected chi connectivity index (χ3v) is 3.42. The van der Waals surface area contributed by atoms with Crippen LogP contribution in [0.2, 0.25) is 0 Å². The molecular formula is C14H17N3S. The van der Waals surface area contributed by atoms with Crippen molar-refractivity contribution in [2.75, 3.05) is 0 Å². The molecule has 0 saturated carbocycles. The summed E-state index contributed by atoms with van der Waals surface area (Å²) < 4.78 is 0. The maximum absolute atomic E-state index is 5.87. The van der Waals surface area contributed by atoms with E-state index < -0.39 is 0 Å². The van der Waals surface area contributed by atoms with E-state index in [9.17, 15) is 0 Å². The highest BCUT2D eigenvalue weighted by atomic mass is 32.2. The van der Waals surface area contributed by atoms with Gasteiger partial charge < -0.3 is 5.73 Å². The summed E-state index contributed by atoms with van der Waals surface area (Å²) in [5.74, 6) is 0. The minimum Gasteiger partial charge on any atom is -0.324 e.